The molecule has 4 heteroatoms. The third-order valence-electron chi connectivity index (χ3n) is 6.17. The first-order chi connectivity index (χ1) is 12.2. The molecule has 1 saturated heterocycles. The quantitative estimate of drug-likeness (QED) is 0.820. The van der Waals surface area contributed by atoms with Crippen molar-refractivity contribution >= 4 is 5.91 Å². The van der Waals surface area contributed by atoms with Gasteiger partial charge in [0.2, 0.25) is 0 Å². The Bertz CT molecular complexity index is 632. The highest BCUT2D eigenvalue weighted by molar-refractivity contribution is 5.77. The third kappa shape index (κ3) is 3.90. The van der Waals surface area contributed by atoms with Crippen molar-refractivity contribution in [3.63, 3.8) is 0 Å². The number of piperazine rings is 1. The molecule has 1 aliphatic heterocycles. The van der Waals surface area contributed by atoms with Crippen LogP contribution in [-0.4, -0.2) is 50.1 Å². The van der Waals surface area contributed by atoms with E-state index in [2.05, 4.69) is 12.2 Å². The first-order valence-electron chi connectivity index (χ1n) is 9.66. The average molecular weight is 341 g/mol. The summed E-state index contributed by atoms with van der Waals surface area (Å²) in [6.45, 7) is 7.36. The molecule has 0 radical (unpaired) electrons. The molecular weight excluding hydrogens is 312 g/mol. The van der Waals surface area contributed by atoms with Gasteiger partial charge in [0, 0.05) is 5.92 Å². The smallest absolute Gasteiger partial charge is 0.260 e. The fourth-order valence-electron chi connectivity index (χ4n) is 4.65. The maximum atomic E-state index is 12.4. The maximum Gasteiger partial charge on any atom is 0.260 e. The molecule has 25 heavy (non-hydrogen) atoms. The predicted molar refractivity (Wildman–Crippen MR) is 97.7 cm³/mol. The molecule has 0 aromatic heterocycles. The molecule has 1 amide bonds. The Morgan fingerprint density at radius 3 is 2.56 bits per heavy atom. The number of rotatable bonds is 5. The van der Waals surface area contributed by atoms with Gasteiger partial charge >= 0.3 is 0 Å². The summed E-state index contributed by atoms with van der Waals surface area (Å²) in [5.41, 5.74) is 1.20. The second-order valence-corrected chi connectivity index (χ2v) is 7.98. The number of fused-ring (bicyclic) bond motifs is 2. The van der Waals surface area contributed by atoms with Crippen molar-refractivity contribution < 1.29 is 14.4 Å². The zero-order valence-corrected chi connectivity index (χ0v) is 15.1. The highest BCUT2D eigenvalue weighted by Gasteiger charge is 2.38. The van der Waals surface area contributed by atoms with E-state index in [4.69, 9.17) is 4.74 Å². The van der Waals surface area contributed by atoms with E-state index in [9.17, 15) is 4.79 Å². The van der Waals surface area contributed by atoms with Crippen LogP contribution in [0.5, 0.6) is 5.75 Å². The summed E-state index contributed by atoms with van der Waals surface area (Å²) in [5, 5.41) is 0. The molecule has 2 fully saturated rings. The lowest BCUT2D eigenvalue weighted by Crippen LogP contribution is -3.15. The van der Waals surface area contributed by atoms with Gasteiger partial charge in [-0.25, -0.2) is 0 Å². The molecular formula is C21H29N2O2+. The molecule has 1 saturated carbocycles. The first-order valence-corrected chi connectivity index (χ1v) is 9.66. The summed E-state index contributed by atoms with van der Waals surface area (Å²) in [5.74, 6) is 3.45. The van der Waals surface area contributed by atoms with Crippen LogP contribution >= 0.6 is 0 Å². The molecule has 1 aromatic carbocycles. The second kappa shape index (κ2) is 7.20. The molecule has 2 bridgehead atoms. The standard InChI is InChI=1S/C21H28N2O2/c1-16-2-6-20(7-3-16)25-15-21(24)23-10-8-22(9-11-23)14-19-13-17-4-5-18(19)12-17/h2-7,17-19H,8-15H2,1H3/p+1/t17-,18+,19+/m1/s1. The van der Waals surface area contributed by atoms with Crippen molar-refractivity contribution in [2.75, 3.05) is 39.3 Å². The number of ether oxygens (including phenoxy) is 1. The zero-order valence-electron chi connectivity index (χ0n) is 15.1. The lowest BCUT2D eigenvalue weighted by molar-refractivity contribution is -0.907. The molecule has 4 rings (SSSR count). The highest BCUT2D eigenvalue weighted by Crippen LogP contribution is 2.42. The van der Waals surface area contributed by atoms with E-state index in [-0.39, 0.29) is 12.5 Å². The number of aryl methyl sites for hydroxylation is 1. The van der Waals surface area contributed by atoms with Crippen LogP contribution < -0.4 is 9.64 Å². The number of carbonyl (C=O) groups is 1. The van der Waals surface area contributed by atoms with Crippen LogP contribution in [0.15, 0.2) is 36.4 Å². The minimum absolute atomic E-state index is 0.113. The van der Waals surface area contributed by atoms with Gasteiger partial charge in [-0.3, -0.25) is 4.79 Å². The molecule has 1 heterocycles. The minimum atomic E-state index is 0.113. The number of nitrogens with one attached hydrogen (secondary N) is 1. The van der Waals surface area contributed by atoms with Gasteiger partial charge in [-0.1, -0.05) is 29.8 Å². The van der Waals surface area contributed by atoms with Crippen molar-refractivity contribution in [1.82, 2.24) is 4.90 Å². The number of quaternary nitrogens is 1. The summed E-state index contributed by atoms with van der Waals surface area (Å²) in [6, 6.07) is 7.86. The SMILES string of the molecule is Cc1ccc(OCC(=O)N2CC[NH+](C[C@@H]3C[C@@H]4C=C[C@H]3C4)CC2)cc1. The van der Waals surface area contributed by atoms with E-state index >= 15 is 0 Å². The number of hydrogen-bond acceptors (Lipinski definition) is 2. The largest absolute Gasteiger partial charge is 0.484 e. The van der Waals surface area contributed by atoms with Gasteiger partial charge < -0.3 is 14.5 Å². The lowest BCUT2D eigenvalue weighted by atomic mass is 9.93. The van der Waals surface area contributed by atoms with E-state index in [0.29, 0.717) is 0 Å². The van der Waals surface area contributed by atoms with Crippen LogP contribution in [0.3, 0.4) is 0 Å². The van der Waals surface area contributed by atoms with E-state index in [0.717, 1.165) is 49.7 Å². The predicted octanol–water partition coefficient (Wildman–Crippen LogP) is 1.31. The Labute approximate surface area is 150 Å². The first kappa shape index (κ1) is 16.6. The van der Waals surface area contributed by atoms with E-state index < -0.39 is 0 Å². The number of amides is 1. The molecule has 3 atom stereocenters. The molecule has 1 aromatic rings. The van der Waals surface area contributed by atoms with Gasteiger partial charge in [0.1, 0.15) is 5.75 Å². The Kier molecular flexibility index (Phi) is 4.80. The monoisotopic (exact) mass is 341 g/mol. The molecule has 3 aliphatic rings. The Morgan fingerprint density at radius 2 is 1.92 bits per heavy atom. The summed E-state index contributed by atoms with van der Waals surface area (Å²) < 4.78 is 5.64. The van der Waals surface area contributed by atoms with Crippen LogP contribution in [0.2, 0.25) is 0 Å². The van der Waals surface area contributed by atoms with Crippen LogP contribution in [0.1, 0.15) is 18.4 Å². The van der Waals surface area contributed by atoms with Crippen molar-refractivity contribution in [2.24, 2.45) is 17.8 Å². The molecule has 4 nitrogen and oxygen atoms in total. The third-order valence-corrected chi connectivity index (χ3v) is 6.17. The fourth-order valence-corrected chi connectivity index (χ4v) is 4.65. The van der Waals surface area contributed by atoms with Crippen molar-refractivity contribution in [1.29, 1.82) is 0 Å². The number of nitrogens with zero attached hydrogens (tertiary/aromatic N) is 1. The number of benzene rings is 1. The number of carbonyl (C=O) groups excluding carboxylic acids is 1. The van der Waals surface area contributed by atoms with Gasteiger partial charge in [0.05, 0.1) is 32.7 Å². The second-order valence-electron chi connectivity index (χ2n) is 7.98. The molecule has 0 unspecified atom stereocenters. The Morgan fingerprint density at radius 1 is 1.16 bits per heavy atom. The lowest BCUT2D eigenvalue weighted by Gasteiger charge is -2.34. The average Bonchev–Trinajstić information content (AvgIpc) is 3.25. The van der Waals surface area contributed by atoms with Crippen LogP contribution in [0, 0.1) is 24.7 Å². The van der Waals surface area contributed by atoms with Crippen molar-refractivity contribution in [2.45, 2.75) is 19.8 Å². The molecule has 1 N–H and O–H groups in total. The van der Waals surface area contributed by atoms with Crippen LogP contribution in [0.4, 0.5) is 0 Å². The van der Waals surface area contributed by atoms with Crippen LogP contribution in [-0.2, 0) is 4.79 Å². The summed E-state index contributed by atoms with van der Waals surface area (Å²) >= 11 is 0. The number of hydrogen-bond donors (Lipinski definition) is 1. The van der Waals surface area contributed by atoms with E-state index in [1.54, 1.807) is 4.90 Å². The van der Waals surface area contributed by atoms with Gasteiger partial charge in [0.15, 0.2) is 6.61 Å². The van der Waals surface area contributed by atoms with Gasteiger partial charge in [-0.15, -0.1) is 0 Å². The Balaban J connectivity index is 1.19. The van der Waals surface area contributed by atoms with Crippen molar-refractivity contribution in [3.8, 4) is 5.75 Å². The topological polar surface area (TPSA) is 34.0 Å². The zero-order chi connectivity index (χ0) is 17.2. The highest BCUT2D eigenvalue weighted by atomic mass is 16.5. The minimum Gasteiger partial charge on any atom is -0.484 e. The van der Waals surface area contributed by atoms with Gasteiger partial charge in [-0.2, -0.15) is 0 Å². The fraction of sp³-hybridized carbons (Fsp3) is 0.571. The number of allylic oxidation sites excluding steroid dienone is 2. The van der Waals surface area contributed by atoms with Gasteiger partial charge in [0.25, 0.3) is 5.91 Å². The Hall–Kier alpha value is -1.81. The normalized spacial score (nSPS) is 28.5. The van der Waals surface area contributed by atoms with Crippen molar-refractivity contribution in [3.05, 3.63) is 42.0 Å². The summed E-state index contributed by atoms with van der Waals surface area (Å²) in [6.07, 6.45) is 7.64. The summed E-state index contributed by atoms with van der Waals surface area (Å²) in [4.78, 5) is 16.0. The van der Waals surface area contributed by atoms with E-state index in [1.807, 2.05) is 36.1 Å². The van der Waals surface area contributed by atoms with Crippen LogP contribution in [0.25, 0.3) is 0 Å². The molecule has 0 spiro atoms. The van der Waals surface area contributed by atoms with Gasteiger partial charge in [-0.05, 0) is 43.7 Å². The molecule has 2 aliphatic carbocycles. The molecule has 134 valence electrons. The van der Waals surface area contributed by atoms with E-state index in [1.165, 1.54) is 24.9 Å². The maximum absolute atomic E-state index is 12.4. The summed E-state index contributed by atoms with van der Waals surface area (Å²) in [7, 11) is 0.